The number of likely N-dealkylation sites (tertiary alicyclic amines) is 1. The van der Waals surface area contributed by atoms with Gasteiger partial charge >= 0.3 is 0 Å². The van der Waals surface area contributed by atoms with Crippen molar-refractivity contribution in [2.24, 2.45) is 0 Å². The molecule has 0 saturated carbocycles. The Labute approximate surface area is 106 Å². The maximum Gasteiger partial charge on any atom is 0.257 e. The Kier molecular flexibility index (Phi) is 3.40. The van der Waals surface area contributed by atoms with E-state index in [9.17, 15) is 13.2 Å². The first-order valence-corrected chi connectivity index (χ1v) is 7.15. The average molecular weight is 272 g/mol. The zero-order valence-electron chi connectivity index (χ0n) is 10.3. The molecule has 1 aliphatic rings. The second-order valence-corrected chi connectivity index (χ2v) is 6.15. The molecular formula is C10H16N4O3S. The first-order valence-electron chi connectivity index (χ1n) is 5.66. The Balaban J connectivity index is 2.07. The summed E-state index contributed by atoms with van der Waals surface area (Å²) in [5.74, 6) is 0.592. The molecule has 1 fully saturated rings. The summed E-state index contributed by atoms with van der Waals surface area (Å²) in [6.45, 7) is 2.08. The van der Waals surface area contributed by atoms with Gasteiger partial charge in [0.25, 0.3) is 10.0 Å². The smallest absolute Gasteiger partial charge is 0.257 e. The Morgan fingerprint density at radius 2 is 2.28 bits per heavy atom. The van der Waals surface area contributed by atoms with Crippen LogP contribution in [0.3, 0.4) is 0 Å². The topological polar surface area (TPSA) is 95.2 Å². The molecule has 1 aromatic heterocycles. The third-order valence-electron chi connectivity index (χ3n) is 2.92. The van der Waals surface area contributed by atoms with Gasteiger partial charge in [0.15, 0.2) is 5.03 Å². The molecule has 0 spiro atoms. The summed E-state index contributed by atoms with van der Waals surface area (Å²) in [5, 5.41) is 0.0551. The summed E-state index contributed by atoms with van der Waals surface area (Å²) >= 11 is 0. The minimum Gasteiger partial charge on any atom is -0.344 e. The molecule has 100 valence electrons. The van der Waals surface area contributed by atoms with Gasteiger partial charge in [0.2, 0.25) is 5.91 Å². The molecule has 1 amide bonds. The van der Waals surface area contributed by atoms with Crippen LogP contribution in [0.25, 0.3) is 0 Å². The van der Waals surface area contributed by atoms with Gasteiger partial charge in [-0.3, -0.25) is 4.79 Å². The predicted octanol–water partition coefficient (Wildman–Crippen LogP) is -0.383. The van der Waals surface area contributed by atoms with Gasteiger partial charge < -0.3 is 9.88 Å². The highest BCUT2D eigenvalue weighted by Gasteiger charge is 2.27. The van der Waals surface area contributed by atoms with E-state index < -0.39 is 10.0 Å². The van der Waals surface area contributed by atoms with E-state index in [-0.39, 0.29) is 17.0 Å². The Bertz CT molecular complexity index is 551. The summed E-state index contributed by atoms with van der Waals surface area (Å²) in [5.41, 5.74) is 0. The molecular weight excluding hydrogens is 256 g/mol. The van der Waals surface area contributed by atoms with E-state index in [1.807, 2.05) is 0 Å². The van der Waals surface area contributed by atoms with Crippen molar-refractivity contribution in [1.29, 1.82) is 0 Å². The molecule has 1 atom stereocenters. The number of rotatable bonds is 3. The number of aryl methyl sites for hydroxylation is 1. The molecule has 0 aliphatic carbocycles. The second-order valence-electron chi connectivity index (χ2n) is 4.46. The van der Waals surface area contributed by atoms with Crippen molar-refractivity contribution in [1.82, 2.24) is 19.6 Å². The van der Waals surface area contributed by atoms with Crippen LogP contribution in [0, 0.1) is 6.92 Å². The van der Waals surface area contributed by atoms with Crippen LogP contribution in [-0.4, -0.2) is 48.8 Å². The lowest BCUT2D eigenvalue weighted by atomic mass is 10.1. The van der Waals surface area contributed by atoms with Crippen molar-refractivity contribution in [2.45, 2.75) is 30.8 Å². The minimum absolute atomic E-state index is 0.0443. The highest BCUT2D eigenvalue weighted by molar-refractivity contribution is 7.89. The van der Waals surface area contributed by atoms with E-state index in [1.54, 1.807) is 14.0 Å². The fourth-order valence-corrected chi connectivity index (χ4v) is 3.16. The normalized spacial score (nSPS) is 21.3. The monoisotopic (exact) mass is 272 g/mol. The minimum atomic E-state index is -3.59. The van der Waals surface area contributed by atoms with Gasteiger partial charge in [-0.1, -0.05) is 0 Å². The molecule has 1 aromatic rings. The lowest BCUT2D eigenvalue weighted by molar-refractivity contribution is -0.132. The molecule has 8 heteroatoms. The van der Waals surface area contributed by atoms with E-state index in [0.717, 1.165) is 0 Å². The fourth-order valence-electron chi connectivity index (χ4n) is 1.93. The molecule has 0 bridgehead atoms. The number of sulfonamides is 1. The van der Waals surface area contributed by atoms with Gasteiger partial charge in [0, 0.05) is 26.1 Å². The maximum atomic E-state index is 12.0. The molecule has 2 rings (SSSR count). The molecule has 0 aromatic carbocycles. The lowest BCUT2D eigenvalue weighted by Crippen LogP contribution is -2.48. The molecule has 7 nitrogen and oxygen atoms in total. The molecule has 2 N–H and O–H groups in total. The van der Waals surface area contributed by atoms with Gasteiger partial charge in [0.05, 0.1) is 6.20 Å². The first kappa shape index (κ1) is 13.0. The number of nitrogens with one attached hydrogen (secondary N) is 2. The van der Waals surface area contributed by atoms with Gasteiger partial charge in [-0.25, -0.2) is 18.1 Å². The summed E-state index contributed by atoms with van der Waals surface area (Å²) in [6, 6.07) is -0.249. The van der Waals surface area contributed by atoms with Crippen LogP contribution in [0.4, 0.5) is 0 Å². The molecule has 0 radical (unpaired) electrons. The van der Waals surface area contributed by atoms with Crippen molar-refractivity contribution >= 4 is 15.9 Å². The summed E-state index contributed by atoms with van der Waals surface area (Å²) in [4.78, 5) is 19.4. The molecule has 1 saturated heterocycles. The third kappa shape index (κ3) is 2.70. The van der Waals surface area contributed by atoms with Crippen LogP contribution in [0.1, 0.15) is 18.7 Å². The van der Waals surface area contributed by atoms with Gasteiger partial charge in [-0.2, -0.15) is 0 Å². The Morgan fingerprint density at radius 1 is 1.56 bits per heavy atom. The van der Waals surface area contributed by atoms with Crippen molar-refractivity contribution < 1.29 is 13.2 Å². The lowest BCUT2D eigenvalue weighted by Gasteiger charge is -2.29. The number of H-pyrrole nitrogens is 1. The van der Waals surface area contributed by atoms with Crippen LogP contribution < -0.4 is 4.72 Å². The number of carbonyl (C=O) groups is 1. The quantitative estimate of drug-likeness (QED) is 0.784. The van der Waals surface area contributed by atoms with Crippen LogP contribution in [-0.2, 0) is 14.8 Å². The number of aromatic amines is 1. The highest BCUT2D eigenvalue weighted by Crippen LogP contribution is 2.13. The van der Waals surface area contributed by atoms with E-state index in [1.165, 1.54) is 11.1 Å². The number of piperidine rings is 1. The standard InChI is InChI=1S/C10H16N4O3S/c1-7-11-5-9(12-7)18(16,17)13-8-3-4-10(15)14(2)6-8/h5,8,13H,3-4,6H2,1-2H3,(H,11,12). The third-order valence-corrected chi connectivity index (χ3v) is 4.35. The van der Waals surface area contributed by atoms with Crippen molar-refractivity contribution in [2.75, 3.05) is 13.6 Å². The van der Waals surface area contributed by atoms with Gasteiger partial charge in [-0.15, -0.1) is 0 Å². The summed E-state index contributed by atoms with van der Waals surface area (Å²) in [7, 11) is -1.92. The zero-order valence-corrected chi connectivity index (χ0v) is 11.1. The number of amides is 1. The number of hydrogen-bond donors (Lipinski definition) is 2. The summed E-state index contributed by atoms with van der Waals surface area (Å²) in [6.07, 6.45) is 2.18. The van der Waals surface area contributed by atoms with Gasteiger partial charge in [-0.05, 0) is 13.3 Å². The molecule has 1 aliphatic heterocycles. The maximum absolute atomic E-state index is 12.0. The van der Waals surface area contributed by atoms with Crippen molar-refractivity contribution in [3.63, 3.8) is 0 Å². The largest absolute Gasteiger partial charge is 0.344 e. The number of likely N-dealkylation sites (N-methyl/N-ethyl adjacent to an activating group) is 1. The zero-order chi connectivity index (χ0) is 13.3. The van der Waals surface area contributed by atoms with E-state index in [4.69, 9.17) is 0 Å². The van der Waals surface area contributed by atoms with Crippen molar-refractivity contribution in [3.8, 4) is 0 Å². The highest BCUT2D eigenvalue weighted by atomic mass is 32.2. The second kappa shape index (κ2) is 4.69. The summed E-state index contributed by atoms with van der Waals surface area (Å²) < 4.78 is 26.6. The predicted molar refractivity (Wildman–Crippen MR) is 64.3 cm³/mol. The Hall–Kier alpha value is -1.41. The van der Waals surface area contributed by atoms with Crippen molar-refractivity contribution in [3.05, 3.63) is 12.0 Å². The van der Waals surface area contributed by atoms with E-state index in [2.05, 4.69) is 14.7 Å². The first-order chi connectivity index (χ1) is 8.38. The number of carbonyl (C=O) groups excluding carboxylic acids is 1. The Morgan fingerprint density at radius 3 is 2.83 bits per heavy atom. The van der Waals surface area contributed by atoms with Crippen LogP contribution in [0.5, 0.6) is 0 Å². The fraction of sp³-hybridized carbons (Fsp3) is 0.600. The van der Waals surface area contributed by atoms with E-state index in [0.29, 0.717) is 25.2 Å². The number of nitrogens with zero attached hydrogens (tertiary/aromatic N) is 2. The SMILES string of the molecule is Cc1ncc(S(=O)(=O)NC2CCC(=O)N(C)C2)[nH]1. The van der Waals surface area contributed by atoms with Crippen LogP contribution >= 0.6 is 0 Å². The number of imidazole rings is 1. The molecule has 1 unspecified atom stereocenters. The van der Waals surface area contributed by atoms with Crippen LogP contribution in [0.2, 0.25) is 0 Å². The van der Waals surface area contributed by atoms with E-state index >= 15 is 0 Å². The number of hydrogen-bond acceptors (Lipinski definition) is 4. The molecule has 2 heterocycles. The van der Waals surface area contributed by atoms with Gasteiger partial charge in [0.1, 0.15) is 5.82 Å². The number of aromatic nitrogens is 2. The molecule has 18 heavy (non-hydrogen) atoms. The van der Waals surface area contributed by atoms with Crippen LogP contribution in [0.15, 0.2) is 11.2 Å². The average Bonchev–Trinajstić information content (AvgIpc) is 2.71.